The molecule has 2 aromatic rings. The predicted molar refractivity (Wildman–Crippen MR) is 80.6 cm³/mol. The Bertz CT molecular complexity index is 671. The molecule has 21 heavy (non-hydrogen) atoms. The first-order valence-corrected chi connectivity index (χ1v) is 7.04. The molecule has 0 aromatic heterocycles. The Labute approximate surface area is 123 Å². The number of carbonyl (C=O) groups is 1. The fourth-order valence-corrected chi connectivity index (χ4v) is 2.74. The van der Waals surface area contributed by atoms with Crippen LogP contribution in [0.4, 0.5) is 10.1 Å². The molecule has 3 rings (SSSR count). The van der Waals surface area contributed by atoms with Gasteiger partial charge in [-0.05, 0) is 24.6 Å². The van der Waals surface area contributed by atoms with E-state index in [4.69, 9.17) is 0 Å². The molecule has 0 spiro atoms. The summed E-state index contributed by atoms with van der Waals surface area (Å²) in [6, 6.07) is 13.9. The minimum Gasteiger partial charge on any atom is -0.384 e. The van der Waals surface area contributed by atoms with Gasteiger partial charge in [-0.2, -0.15) is 0 Å². The van der Waals surface area contributed by atoms with Crippen LogP contribution in [0.15, 0.2) is 48.5 Å². The van der Waals surface area contributed by atoms with Crippen molar-refractivity contribution in [2.45, 2.75) is 18.9 Å². The molecule has 3 nitrogen and oxygen atoms in total. The number of benzene rings is 2. The predicted octanol–water partition coefficient (Wildman–Crippen LogP) is 3.21. The molecule has 4 heteroatoms. The maximum absolute atomic E-state index is 13.7. The monoisotopic (exact) mass is 284 g/mol. The number of para-hydroxylation sites is 1. The number of hydrogen-bond acceptors (Lipinski definition) is 2. The van der Waals surface area contributed by atoms with Crippen molar-refractivity contribution in [2.24, 2.45) is 0 Å². The quantitative estimate of drug-likeness (QED) is 0.908. The van der Waals surface area contributed by atoms with E-state index in [-0.39, 0.29) is 23.7 Å². The maximum atomic E-state index is 13.7. The van der Waals surface area contributed by atoms with Crippen LogP contribution in [0.3, 0.4) is 0 Å². The molecule has 0 aliphatic carbocycles. The van der Waals surface area contributed by atoms with E-state index in [2.05, 4.69) is 10.6 Å². The molecule has 108 valence electrons. The minimum absolute atomic E-state index is 0.0804. The van der Waals surface area contributed by atoms with E-state index in [1.54, 1.807) is 25.1 Å². The lowest BCUT2D eigenvalue weighted by atomic mass is 9.99. The molecule has 1 amide bonds. The fraction of sp³-hybridized carbons (Fsp3) is 0.235. The summed E-state index contributed by atoms with van der Waals surface area (Å²) in [5, 5.41) is 6.12. The average Bonchev–Trinajstić information content (AvgIpc) is 2.91. The van der Waals surface area contributed by atoms with Gasteiger partial charge in [-0.25, -0.2) is 4.39 Å². The van der Waals surface area contributed by atoms with Gasteiger partial charge in [-0.1, -0.05) is 36.4 Å². The summed E-state index contributed by atoms with van der Waals surface area (Å²) < 4.78 is 13.7. The van der Waals surface area contributed by atoms with Crippen molar-refractivity contribution in [2.75, 3.05) is 11.9 Å². The van der Waals surface area contributed by atoms with E-state index in [0.29, 0.717) is 12.1 Å². The Balaban J connectivity index is 1.75. The van der Waals surface area contributed by atoms with Crippen LogP contribution in [0, 0.1) is 5.82 Å². The molecule has 1 aliphatic heterocycles. The van der Waals surface area contributed by atoms with Gasteiger partial charge in [0, 0.05) is 17.8 Å². The average molecular weight is 284 g/mol. The van der Waals surface area contributed by atoms with E-state index >= 15 is 0 Å². The summed E-state index contributed by atoms with van der Waals surface area (Å²) in [7, 11) is 0. The van der Waals surface area contributed by atoms with Gasteiger partial charge in [0.1, 0.15) is 5.82 Å². The number of amides is 1. The topological polar surface area (TPSA) is 41.1 Å². The van der Waals surface area contributed by atoms with Crippen molar-refractivity contribution in [3.05, 3.63) is 65.5 Å². The molecule has 2 aromatic carbocycles. The first-order chi connectivity index (χ1) is 10.2. The Hall–Kier alpha value is -2.36. The van der Waals surface area contributed by atoms with Gasteiger partial charge in [0.25, 0.3) is 0 Å². The van der Waals surface area contributed by atoms with Crippen molar-refractivity contribution in [3.63, 3.8) is 0 Å². The highest BCUT2D eigenvalue weighted by Gasteiger charge is 2.29. The lowest BCUT2D eigenvalue weighted by molar-refractivity contribution is -0.122. The van der Waals surface area contributed by atoms with Crippen LogP contribution in [0.2, 0.25) is 0 Å². The number of anilines is 1. The molecule has 2 atom stereocenters. The minimum atomic E-state index is -0.355. The molecule has 0 bridgehead atoms. The number of hydrogen-bond donors (Lipinski definition) is 2. The summed E-state index contributed by atoms with van der Waals surface area (Å²) in [6.07, 6.45) is 0. The van der Waals surface area contributed by atoms with Crippen LogP contribution >= 0.6 is 0 Å². The third kappa shape index (κ3) is 2.61. The Morgan fingerprint density at radius 3 is 2.76 bits per heavy atom. The van der Waals surface area contributed by atoms with Crippen molar-refractivity contribution in [3.8, 4) is 0 Å². The van der Waals surface area contributed by atoms with Crippen molar-refractivity contribution in [1.82, 2.24) is 5.32 Å². The van der Waals surface area contributed by atoms with Gasteiger partial charge in [-0.3, -0.25) is 4.79 Å². The Morgan fingerprint density at radius 2 is 1.95 bits per heavy atom. The number of rotatable bonds is 3. The smallest absolute Gasteiger partial charge is 0.229 e. The second-order valence-electron chi connectivity index (χ2n) is 5.27. The third-order valence-corrected chi connectivity index (χ3v) is 3.88. The van der Waals surface area contributed by atoms with E-state index < -0.39 is 0 Å². The van der Waals surface area contributed by atoms with Gasteiger partial charge in [0.05, 0.1) is 12.0 Å². The van der Waals surface area contributed by atoms with Crippen LogP contribution in [0.5, 0.6) is 0 Å². The molecule has 0 saturated heterocycles. The highest BCUT2D eigenvalue weighted by Crippen LogP contribution is 2.31. The third-order valence-electron chi connectivity index (χ3n) is 3.88. The van der Waals surface area contributed by atoms with Gasteiger partial charge in [0.15, 0.2) is 0 Å². The maximum Gasteiger partial charge on any atom is 0.229 e. The van der Waals surface area contributed by atoms with Crippen LogP contribution in [0.25, 0.3) is 0 Å². The van der Waals surface area contributed by atoms with Gasteiger partial charge in [0.2, 0.25) is 5.91 Å². The molecule has 0 radical (unpaired) electrons. The SMILES string of the molecule is CC(NC(=O)C1CNc2ccccc21)c1ccccc1F. The first kappa shape index (κ1) is 13.6. The molecule has 1 aliphatic rings. The summed E-state index contributed by atoms with van der Waals surface area (Å²) >= 11 is 0. The summed E-state index contributed by atoms with van der Waals surface area (Å²) in [5.74, 6) is -0.603. The first-order valence-electron chi connectivity index (χ1n) is 7.04. The van der Waals surface area contributed by atoms with E-state index in [0.717, 1.165) is 11.3 Å². The van der Waals surface area contributed by atoms with Crippen LogP contribution < -0.4 is 10.6 Å². The molecule has 2 N–H and O–H groups in total. The van der Waals surface area contributed by atoms with Crippen molar-refractivity contribution < 1.29 is 9.18 Å². The second kappa shape index (κ2) is 5.56. The molecule has 2 unspecified atom stereocenters. The molecular formula is C17H17FN2O. The largest absolute Gasteiger partial charge is 0.384 e. The van der Waals surface area contributed by atoms with Gasteiger partial charge < -0.3 is 10.6 Å². The summed E-state index contributed by atoms with van der Waals surface area (Å²) in [5.41, 5.74) is 2.50. The van der Waals surface area contributed by atoms with Crippen molar-refractivity contribution >= 4 is 11.6 Å². The lowest BCUT2D eigenvalue weighted by Gasteiger charge is -2.18. The van der Waals surface area contributed by atoms with Crippen LogP contribution in [-0.4, -0.2) is 12.5 Å². The zero-order valence-corrected chi connectivity index (χ0v) is 11.8. The number of carbonyl (C=O) groups excluding carboxylic acids is 1. The summed E-state index contributed by atoms with van der Waals surface area (Å²) in [4.78, 5) is 12.4. The second-order valence-corrected chi connectivity index (χ2v) is 5.27. The zero-order chi connectivity index (χ0) is 14.8. The number of nitrogens with one attached hydrogen (secondary N) is 2. The highest BCUT2D eigenvalue weighted by atomic mass is 19.1. The van der Waals surface area contributed by atoms with E-state index in [1.165, 1.54) is 6.07 Å². The van der Waals surface area contributed by atoms with E-state index in [1.807, 2.05) is 24.3 Å². The normalized spacial score (nSPS) is 17.7. The summed E-state index contributed by atoms with van der Waals surface area (Å²) in [6.45, 7) is 2.37. The lowest BCUT2D eigenvalue weighted by Crippen LogP contribution is -2.32. The molecular weight excluding hydrogens is 267 g/mol. The standard InChI is InChI=1S/C17H17FN2O/c1-11(12-6-2-4-8-15(12)18)20-17(21)14-10-19-16-9-5-3-7-13(14)16/h2-9,11,14,19H,10H2,1H3,(H,20,21). The van der Waals surface area contributed by atoms with Gasteiger partial charge in [-0.15, -0.1) is 0 Å². The number of halogens is 1. The molecule has 0 fully saturated rings. The molecule has 0 saturated carbocycles. The number of fused-ring (bicyclic) bond motifs is 1. The zero-order valence-electron chi connectivity index (χ0n) is 11.8. The Kier molecular flexibility index (Phi) is 3.60. The van der Waals surface area contributed by atoms with Crippen LogP contribution in [0.1, 0.15) is 30.0 Å². The van der Waals surface area contributed by atoms with E-state index in [9.17, 15) is 9.18 Å². The fourth-order valence-electron chi connectivity index (χ4n) is 2.74. The Morgan fingerprint density at radius 1 is 1.24 bits per heavy atom. The molecule has 1 heterocycles. The van der Waals surface area contributed by atoms with Crippen LogP contribution in [-0.2, 0) is 4.79 Å². The highest BCUT2D eigenvalue weighted by molar-refractivity contribution is 5.88. The van der Waals surface area contributed by atoms with Crippen molar-refractivity contribution in [1.29, 1.82) is 0 Å². The van der Waals surface area contributed by atoms with Gasteiger partial charge >= 0.3 is 0 Å².